The molecule has 1 aliphatic rings. The summed E-state index contributed by atoms with van der Waals surface area (Å²) in [6.45, 7) is 1.79. The summed E-state index contributed by atoms with van der Waals surface area (Å²) in [6, 6.07) is 12.4. The lowest BCUT2D eigenvalue weighted by molar-refractivity contribution is -0.173. The number of nitrogens with one attached hydrogen (secondary N) is 2. The molecule has 2 N–H and O–H groups in total. The number of aromatic nitrogens is 2. The van der Waals surface area contributed by atoms with Crippen molar-refractivity contribution in [2.75, 3.05) is 5.32 Å². The second kappa shape index (κ2) is 8.67. The fraction of sp³-hybridized carbons (Fsp3) is 0.273. The molecular formula is C22H19Cl2F3N4O. The first-order chi connectivity index (χ1) is 15.1. The van der Waals surface area contributed by atoms with E-state index < -0.39 is 24.2 Å². The van der Waals surface area contributed by atoms with Gasteiger partial charge in [0.05, 0.1) is 22.1 Å². The number of rotatable bonds is 4. The van der Waals surface area contributed by atoms with Crippen LogP contribution in [0.2, 0.25) is 10.0 Å². The maximum absolute atomic E-state index is 13.9. The topological polar surface area (TPSA) is 59.0 Å². The Bertz CT molecular complexity index is 1130. The standard InChI is InChI=1S/C22H19Cl2F3N4O/c1-12(13-5-3-2-4-6-13)28-21(32)18-11-20-29-17(14-7-8-15(23)16(24)9-14)10-19(22(25,26)27)31(20)30-18/h2-9,11-12,17,19,29H,10H2,1H3,(H,28,32)/t12-,17-,19-/m1/s1. The summed E-state index contributed by atoms with van der Waals surface area (Å²) in [5.41, 5.74) is 1.33. The molecule has 10 heteroatoms. The second-order valence-electron chi connectivity index (χ2n) is 7.63. The molecular weight excluding hydrogens is 464 g/mol. The summed E-state index contributed by atoms with van der Waals surface area (Å²) in [5, 5.41) is 10.4. The fourth-order valence-electron chi connectivity index (χ4n) is 3.73. The number of halogens is 5. The highest BCUT2D eigenvalue weighted by Gasteiger charge is 2.46. The van der Waals surface area contributed by atoms with Crippen LogP contribution < -0.4 is 10.6 Å². The van der Waals surface area contributed by atoms with Crippen molar-refractivity contribution in [1.82, 2.24) is 15.1 Å². The lowest BCUT2D eigenvalue weighted by Gasteiger charge is -2.33. The summed E-state index contributed by atoms with van der Waals surface area (Å²) >= 11 is 12.0. The zero-order valence-corrected chi connectivity index (χ0v) is 18.3. The zero-order chi connectivity index (χ0) is 23.0. The van der Waals surface area contributed by atoms with E-state index in [0.717, 1.165) is 10.2 Å². The van der Waals surface area contributed by atoms with Crippen LogP contribution in [0.4, 0.5) is 19.0 Å². The first-order valence-electron chi connectivity index (χ1n) is 9.87. The van der Waals surface area contributed by atoms with Crippen molar-refractivity contribution >= 4 is 34.9 Å². The minimum Gasteiger partial charge on any atom is -0.363 e. The van der Waals surface area contributed by atoms with Crippen molar-refractivity contribution < 1.29 is 18.0 Å². The molecule has 0 fully saturated rings. The molecule has 1 amide bonds. The van der Waals surface area contributed by atoms with Crippen LogP contribution in [0.25, 0.3) is 0 Å². The molecule has 0 unspecified atom stereocenters. The van der Waals surface area contributed by atoms with E-state index in [1.54, 1.807) is 19.1 Å². The average Bonchev–Trinajstić information content (AvgIpc) is 3.19. The lowest BCUT2D eigenvalue weighted by Crippen LogP contribution is -2.36. The number of alkyl halides is 3. The Morgan fingerprint density at radius 2 is 1.88 bits per heavy atom. The minimum atomic E-state index is -4.55. The summed E-state index contributed by atoms with van der Waals surface area (Å²) in [4.78, 5) is 12.7. The van der Waals surface area contributed by atoms with Crippen LogP contribution in [0.3, 0.4) is 0 Å². The molecule has 0 bridgehead atoms. The number of benzene rings is 2. The Labute approximate surface area is 192 Å². The lowest BCUT2D eigenvalue weighted by atomic mass is 9.97. The number of amides is 1. The zero-order valence-electron chi connectivity index (χ0n) is 16.8. The molecule has 0 spiro atoms. The molecule has 2 aromatic carbocycles. The molecule has 1 aliphatic heterocycles. The van der Waals surface area contributed by atoms with E-state index in [-0.39, 0.29) is 29.0 Å². The molecule has 1 aromatic heterocycles. The number of fused-ring (bicyclic) bond motifs is 1. The van der Waals surface area contributed by atoms with Crippen molar-refractivity contribution in [3.8, 4) is 0 Å². The van der Waals surface area contributed by atoms with Crippen LogP contribution in [-0.2, 0) is 0 Å². The molecule has 0 saturated carbocycles. The SMILES string of the molecule is C[C@@H](NC(=O)c1cc2n(n1)[C@@H](C(F)(F)F)C[C@H](c1ccc(Cl)c(Cl)c1)N2)c1ccccc1. The molecule has 4 rings (SSSR count). The Morgan fingerprint density at radius 3 is 2.53 bits per heavy atom. The number of carbonyl (C=O) groups excluding carboxylic acids is 1. The van der Waals surface area contributed by atoms with Crippen LogP contribution in [0.15, 0.2) is 54.6 Å². The average molecular weight is 483 g/mol. The maximum atomic E-state index is 13.9. The maximum Gasteiger partial charge on any atom is 0.410 e. The second-order valence-corrected chi connectivity index (χ2v) is 8.44. The molecule has 2 heterocycles. The van der Waals surface area contributed by atoms with Crippen molar-refractivity contribution in [3.63, 3.8) is 0 Å². The van der Waals surface area contributed by atoms with E-state index in [4.69, 9.17) is 23.2 Å². The number of hydrogen-bond acceptors (Lipinski definition) is 3. The number of anilines is 1. The van der Waals surface area contributed by atoms with E-state index in [0.29, 0.717) is 10.6 Å². The summed E-state index contributed by atoms with van der Waals surface area (Å²) in [7, 11) is 0. The summed E-state index contributed by atoms with van der Waals surface area (Å²) in [6.07, 6.45) is -4.86. The Balaban J connectivity index is 1.61. The Morgan fingerprint density at radius 1 is 1.16 bits per heavy atom. The summed E-state index contributed by atoms with van der Waals surface area (Å²) < 4.78 is 42.4. The van der Waals surface area contributed by atoms with Crippen molar-refractivity contribution in [3.05, 3.63) is 81.5 Å². The molecule has 3 aromatic rings. The normalized spacial score (nSPS) is 19.1. The number of hydrogen-bond donors (Lipinski definition) is 2. The molecule has 0 radical (unpaired) electrons. The number of nitrogens with zero attached hydrogens (tertiary/aromatic N) is 2. The minimum absolute atomic E-state index is 0.0979. The van der Waals surface area contributed by atoms with Gasteiger partial charge in [-0.2, -0.15) is 18.3 Å². The third-order valence-corrected chi connectivity index (χ3v) is 6.15. The van der Waals surface area contributed by atoms with Gasteiger partial charge in [0.15, 0.2) is 11.7 Å². The Hall–Kier alpha value is -2.71. The van der Waals surface area contributed by atoms with Gasteiger partial charge in [-0.3, -0.25) is 4.79 Å². The quantitative estimate of drug-likeness (QED) is 0.455. The smallest absolute Gasteiger partial charge is 0.363 e. The Kier molecular flexibility index (Phi) is 6.09. The highest BCUT2D eigenvalue weighted by molar-refractivity contribution is 6.42. The molecule has 168 valence electrons. The van der Waals surface area contributed by atoms with Gasteiger partial charge >= 0.3 is 6.18 Å². The largest absolute Gasteiger partial charge is 0.410 e. The monoisotopic (exact) mass is 482 g/mol. The highest BCUT2D eigenvalue weighted by atomic mass is 35.5. The van der Waals surface area contributed by atoms with Crippen LogP contribution in [0.1, 0.15) is 53.1 Å². The van der Waals surface area contributed by atoms with E-state index >= 15 is 0 Å². The highest BCUT2D eigenvalue weighted by Crippen LogP contribution is 2.44. The van der Waals surface area contributed by atoms with Gasteiger partial charge in [-0.15, -0.1) is 0 Å². The van der Waals surface area contributed by atoms with Gasteiger partial charge in [-0.1, -0.05) is 59.6 Å². The van der Waals surface area contributed by atoms with Gasteiger partial charge in [0.25, 0.3) is 5.91 Å². The van der Waals surface area contributed by atoms with Crippen molar-refractivity contribution in [2.24, 2.45) is 0 Å². The van der Waals surface area contributed by atoms with Gasteiger partial charge in [0.2, 0.25) is 0 Å². The van der Waals surface area contributed by atoms with E-state index in [1.165, 1.54) is 12.1 Å². The predicted octanol–water partition coefficient (Wildman–Crippen LogP) is 6.34. The predicted molar refractivity (Wildman–Crippen MR) is 117 cm³/mol. The van der Waals surface area contributed by atoms with Gasteiger partial charge in [-0.05, 0) is 30.2 Å². The summed E-state index contributed by atoms with van der Waals surface area (Å²) in [5.74, 6) is -0.454. The van der Waals surface area contributed by atoms with Gasteiger partial charge in [-0.25, -0.2) is 4.68 Å². The van der Waals surface area contributed by atoms with Gasteiger partial charge in [0, 0.05) is 12.5 Å². The molecule has 3 atom stereocenters. The van der Waals surface area contributed by atoms with E-state index in [1.807, 2.05) is 30.3 Å². The van der Waals surface area contributed by atoms with E-state index in [9.17, 15) is 18.0 Å². The molecule has 0 aliphatic carbocycles. The number of carbonyl (C=O) groups is 1. The van der Waals surface area contributed by atoms with Crippen LogP contribution in [-0.4, -0.2) is 21.9 Å². The fourth-order valence-corrected chi connectivity index (χ4v) is 4.03. The third-order valence-electron chi connectivity index (χ3n) is 5.42. The van der Waals surface area contributed by atoms with Gasteiger partial charge in [0.1, 0.15) is 5.82 Å². The molecule has 32 heavy (non-hydrogen) atoms. The molecule has 5 nitrogen and oxygen atoms in total. The van der Waals surface area contributed by atoms with Crippen molar-refractivity contribution in [1.29, 1.82) is 0 Å². The van der Waals surface area contributed by atoms with E-state index in [2.05, 4.69) is 15.7 Å². The van der Waals surface area contributed by atoms with Crippen LogP contribution >= 0.6 is 23.2 Å². The first-order valence-corrected chi connectivity index (χ1v) is 10.6. The first kappa shape index (κ1) is 22.5. The van der Waals surface area contributed by atoms with Crippen LogP contribution in [0.5, 0.6) is 0 Å². The van der Waals surface area contributed by atoms with Gasteiger partial charge < -0.3 is 10.6 Å². The third kappa shape index (κ3) is 4.56. The van der Waals surface area contributed by atoms with Crippen LogP contribution in [0, 0.1) is 0 Å². The van der Waals surface area contributed by atoms with Crippen molar-refractivity contribution in [2.45, 2.75) is 37.6 Å². The molecule has 0 saturated heterocycles.